The number of carboxylic acids is 1. The molecule has 8 heteroatoms. The molecule has 2 unspecified atom stereocenters. The number of aliphatic carboxylic acids is 1. The molecule has 0 saturated heterocycles. The van der Waals surface area contributed by atoms with Gasteiger partial charge in [0.1, 0.15) is 12.6 Å². The molecule has 0 heterocycles. The van der Waals surface area contributed by atoms with Crippen LogP contribution in [-0.2, 0) is 20.9 Å². The van der Waals surface area contributed by atoms with Gasteiger partial charge in [0.05, 0.1) is 5.92 Å². The van der Waals surface area contributed by atoms with Crippen molar-refractivity contribution < 1.29 is 24.2 Å². The molecule has 2 N–H and O–H groups in total. The molecule has 0 aromatic heterocycles. The predicted octanol–water partition coefficient (Wildman–Crippen LogP) is 4.59. The highest BCUT2D eigenvalue weighted by atomic mass is 16.5. The highest BCUT2D eigenvalue weighted by Gasteiger charge is 2.31. The Labute approximate surface area is 235 Å². The quantitative estimate of drug-likeness (QED) is 0.347. The van der Waals surface area contributed by atoms with Crippen molar-refractivity contribution in [3.05, 3.63) is 95.6 Å². The van der Waals surface area contributed by atoms with E-state index in [1.807, 2.05) is 66.5 Å². The third-order valence-corrected chi connectivity index (χ3v) is 7.33. The summed E-state index contributed by atoms with van der Waals surface area (Å²) in [6.07, 6.45) is -0.685. The predicted molar refractivity (Wildman–Crippen MR) is 154 cm³/mol. The van der Waals surface area contributed by atoms with Gasteiger partial charge in [0.15, 0.2) is 0 Å². The first-order valence-electron chi connectivity index (χ1n) is 13.6. The number of fused-ring (bicyclic) bond motifs is 3. The summed E-state index contributed by atoms with van der Waals surface area (Å²) in [7, 11) is 1.88. The molecule has 3 aromatic carbocycles. The number of likely N-dealkylation sites (N-methyl/N-ethyl adjacent to an activating group) is 2. The lowest BCUT2D eigenvalue weighted by atomic mass is 9.98. The number of hydrogen-bond donors (Lipinski definition) is 2. The number of hydrogen-bond acceptors (Lipinski definition) is 5. The van der Waals surface area contributed by atoms with Crippen LogP contribution in [0, 0.1) is 5.92 Å². The van der Waals surface area contributed by atoms with Crippen molar-refractivity contribution in [2.24, 2.45) is 5.92 Å². The van der Waals surface area contributed by atoms with Crippen LogP contribution in [0.5, 0.6) is 0 Å². The molecule has 2 atom stereocenters. The third-order valence-electron chi connectivity index (χ3n) is 7.33. The van der Waals surface area contributed by atoms with Gasteiger partial charge in [-0.25, -0.2) is 4.79 Å². The van der Waals surface area contributed by atoms with Gasteiger partial charge < -0.3 is 20.1 Å². The van der Waals surface area contributed by atoms with Crippen LogP contribution < -0.4 is 5.32 Å². The number of benzene rings is 3. The first kappa shape index (κ1) is 28.8. The fraction of sp³-hybridized carbons (Fsp3) is 0.344. The molecule has 210 valence electrons. The van der Waals surface area contributed by atoms with E-state index in [1.165, 1.54) is 4.90 Å². The van der Waals surface area contributed by atoms with Crippen LogP contribution in [0.3, 0.4) is 0 Å². The highest BCUT2D eigenvalue weighted by Crippen LogP contribution is 2.44. The summed E-state index contributed by atoms with van der Waals surface area (Å²) in [5.41, 5.74) is 5.55. The van der Waals surface area contributed by atoms with Crippen molar-refractivity contribution in [2.75, 3.05) is 33.3 Å². The molecule has 0 radical (unpaired) electrons. The van der Waals surface area contributed by atoms with Gasteiger partial charge in [0, 0.05) is 32.1 Å². The molecule has 1 aliphatic rings. The van der Waals surface area contributed by atoms with Gasteiger partial charge in [-0.05, 0) is 41.8 Å². The van der Waals surface area contributed by atoms with Crippen LogP contribution in [0.25, 0.3) is 11.1 Å². The summed E-state index contributed by atoms with van der Waals surface area (Å²) in [4.78, 5) is 41.6. The molecular weight excluding hydrogens is 506 g/mol. The van der Waals surface area contributed by atoms with Gasteiger partial charge >= 0.3 is 12.1 Å². The average molecular weight is 544 g/mol. The van der Waals surface area contributed by atoms with Crippen LogP contribution in [0.4, 0.5) is 4.79 Å². The van der Waals surface area contributed by atoms with E-state index in [2.05, 4.69) is 29.6 Å². The van der Waals surface area contributed by atoms with E-state index in [-0.39, 0.29) is 31.5 Å². The number of rotatable bonds is 12. The van der Waals surface area contributed by atoms with Crippen molar-refractivity contribution in [3.63, 3.8) is 0 Å². The maximum atomic E-state index is 13.6. The van der Waals surface area contributed by atoms with E-state index in [1.54, 1.807) is 13.8 Å². The minimum absolute atomic E-state index is 0.0515. The Kier molecular flexibility index (Phi) is 9.56. The summed E-state index contributed by atoms with van der Waals surface area (Å²) in [5, 5.41) is 12.2. The van der Waals surface area contributed by atoms with Crippen LogP contribution in [-0.4, -0.2) is 72.2 Å². The number of carboxylic acid groups (broad SMARTS) is 1. The average Bonchev–Trinajstić information content (AvgIpc) is 3.28. The van der Waals surface area contributed by atoms with Gasteiger partial charge in [-0.2, -0.15) is 0 Å². The summed E-state index contributed by atoms with van der Waals surface area (Å²) in [6, 6.07) is 25.1. The molecule has 0 fully saturated rings. The fourth-order valence-corrected chi connectivity index (χ4v) is 5.24. The molecule has 3 aromatic rings. The molecule has 2 amide bonds. The molecular formula is C32H37N3O5. The second-order valence-electron chi connectivity index (χ2n) is 10.3. The molecule has 1 aliphatic carbocycles. The van der Waals surface area contributed by atoms with Crippen molar-refractivity contribution >= 4 is 18.0 Å². The van der Waals surface area contributed by atoms with E-state index < -0.39 is 24.0 Å². The molecule has 8 nitrogen and oxygen atoms in total. The summed E-state index contributed by atoms with van der Waals surface area (Å²) >= 11 is 0. The zero-order valence-electron chi connectivity index (χ0n) is 23.2. The van der Waals surface area contributed by atoms with Crippen LogP contribution >= 0.6 is 0 Å². The summed E-state index contributed by atoms with van der Waals surface area (Å²) in [5.74, 6) is -2.16. The van der Waals surface area contributed by atoms with Crippen molar-refractivity contribution in [1.29, 1.82) is 0 Å². The van der Waals surface area contributed by atoms with Gasteiger partial charge in [0.2, 0.25) is 5.91 Å². The summed E-state index contributed by atoms with van der Waals surface area (Å²) < 4.78 is 5.72. The van der Waals surface area contributed by atoms with Gasteiger partial charge in [0.25, 0.3) is 0 Å². The number of ether oxygens (including phenoxy) is 1. The minimum Gasteiger partial charge on any atom is -0.481 e. The Balaban J connectivity index is 1.47. The van der Waals surface area contributed by atoms with Crippen molar-refractivity contribution in [3.8, 4) is 11.1 Å². The van der Waals surface area contributed by atoms with Gasteiger partial charge in [-0.15, -0.1) is 0 Å². The lowest BCUT2D eigenvalue weighted by molar-refractivity contribution is -0.143. The largest absolute Gasteiger partial charge is 0.481 e. The van der Waals surface area contributed by atoms with Crippen molar-refractivity contribution in [1.82, 2.24) is 15.1 Å². The highest BCUT2D eigenvalue weighted by molar-refractivity contribution is 5.86. The van der Waals surface area contributed by atoms with Crippen LogP contribution in [0.15, 0.2) is 78.9 Å². The topological polar surface area (TPSA) is 99.2 Å². The SMILES string of the molecule is CCN(CC(C)C(=O)O)C(=O)C(CN(C)Cc1ccccc1)NC(=O)OCC1c2ccccc2-c2ccccc21. The molecule has 0 bridgehead atoms. The van der Waals surface area contributed by atoms with Crippen molar-refractivity contribution in [2.45, 2.75) is 32.4 Å². The zero-order valence-corrected chi connectivity index (χ0v) is 23.2. The molecule has 0 aliphatic heterocycles. The number of alkyl carbamates (subject to hydrolysis) is 1. The molecule has 0 saturated carbocycles. The second kappa shape index (κ2) is 13.3. The smallest absolute Gasteiger partial charge is 0.407 e. The third kappa shape index (κ3) is 6.87. The van der Waals surface area contributed by atoms with Gasteiger partial charge in [-0.1, -0.05) is 85.8 Å². The standard InChI is InChI=1S/C32H37N3O5/c1-4-35(18-22(2)31(37)38)30(36)29(20-34(3)19-23-12-6-5-7-13-23)33-32(39)40-21-28-26-16-10-8-14-24(26)25-15-9-11-17-27(25)28/h5-17,22,28-29H,4,18-21H2,1-3H3,(H,33,39)(H,37,38). The first-order valence-corrected chi connectivity index (χ1v) is 13.6. The zero-order chi connectivity index (χ0) is 28.6. The Morgan fingerprint density at radius 3 is 2.05 bits per heavy atom. The van der Waals surface area contributed by atoms with Crippen LogP contribution in [0.2, 0.25) is 0 Å². The molecule has 40 heavy (non-hydrogen) atoms. The maximum absolute atomic E-state index is 13.6. The van der Waals surface area contributed by atoms with E-state index >= 15 is 0 Å². The number of nitrogens with zero attached hydrogens (tertiary/aromatic N) is 2. The molecule has 0 spiro atoms. The van der Waals surface area contributed by atoms with E-state index in [0.717, 1.165) is 27.8 Å². The molecule has 4 rings (SSSR count). The minimum atomic E-state index is -0.978. The van der Waals surface area contributed by atoms with E-state index in [0.29, 0.717) is 13.1 Å². The Morgan fingerprint density at radius 1 is 0.900 bits per heavy atom. The lowest BCUT2D eigenvalue weighted by Crippen LogP contribution is -2.54. The number of carbonyl (C=O) groups excluding carboxylic acids is 2. The van der Waals surface area contributed by atoms with Gasteiger partial charge in [-0.3, -0.25) is 14.5 Å². The maximum Gasteiger partial charge on any atom is 0.407 e. The van der Waals surface area contributed by atoms with E-state index in [9.17, 15) is 19.5 Å². The lowest BCUT2D eigenvalue weighted by Gasteiger charge is -2.30. The monoisotopic (exact) mass is 543 g/mol. The number of amides is 2. The van der Waals surface area contributed by atoms with E-state index in [4.69, 9.17) is 4.74 Å². The first-order chi connectivity index (χ1) is 19.3. The summed E-state index contributed by atoms with van der Waals surface area (Å²) in [6.45, 7) is 4.68. The number of nitrogens with one attached hydrogen (secondary N) is 1. The Hall–Kier alpha value is -4.17. The number of carbonyl (C=O) groups is 3. The normalized spacial score (nSPS) is 13.7. The fourth-order valence-electron chi connectivity index (χ4n) is 5.24. The Morgan fingerprint density at radius 2 is 1.48 bits per heavy atom. The Bertz CT molecular complexity index is 1280. The second-order valence-corrected chi connectivity index (χ2v) is 10.3. The van der Waals surface area contributed by atoms with Crippen LogP contribution in [0.1, 0.15) is 36.5 Å².